The van der Waals surface area contributed by atoms with Crippen LogP contribution in [0, 0.1) is 0 Å². The molecule has 0 saturated heterocycles. The number of nitrogens with two attached hydrogens (primary N) is 1. The summed E-state index contributed by atoms with van der Waals surface area (Å²) in [7, 11) is 1.70. The van der Waals surface area contributed by atoms with Crippen LogP contribution in [-0.4, -0.2) is 28.7 Å². The molecule has 0 aliphatic heterocycles. The lowest BCUT2D eigenvalue weighted by atomic mass is 10.1. The van der Waals surface area contributed by atoms with Crippen molar-refractivity contribution < 1.29 is 4.74 Å². The quantitative estimate of drug-likeness (QED) is 0.804. The van der Waals surface area contributed by atoms with E-state index in [9.17, 15) is 0 Å². The summed E-state index contributed by atoms with van der Waals surface area (Å²) in [5.41, 5.74) is 6.80. The predicted octanol–water partition coefficient (Wildman–Crippen LogP) is 1.58. The fraction of sp³-hybridized carbons (Fsp3) is 0.800. The van der Waals surface area contributed by atoms with Gasteiger partial charge in [-0.1, -0.05) is 19.1 Å². The second-order valence-corrected chi connectivity index (χ2v) is 4.09. The number of ether oxygens (including phenoxy) is 1. The lowest BCUT2D eigenvalue weighted by Crippen LogP contribution is -2.14. The first-order valence-corrected chi connectivity index (χ1v) is 5.27. The molecule has 86 valence electrons. The predicted molar refractivity (Wildman–Crippen MR) is 59.7 cm³/mol. The Morgan fingerprint density at radius 3 is 2.60 bits per heavy atom. The summed E-state index contributed by atoms with van der Waals surface area (Å²) >= 11 is 0. The van der Waals surface area contributed by atoms with Crippen LogP contribution in [0.5, 0.6) is 0 Å². The van der Waals surface area contributed by atoms with Gasteiger partial charge in [-0.05, 0) is 19.3 Å². The first-order valence-electron chi connectivity index (χ1n) is 5.27. The molecule has 0 fully saturated rings. The molecular formula is C10H20N4O. The highest BCUT2D eigenvalue weighted by atomic mass is 16.5. The van der Waals surface area contributed by atoms with Crippen LogP contribution in [0.3, 0.4) is 0 Å². The molecule has 0 aromatic carbocycles. The van der Waals surface area contributed by atoms with E-state index in [1.54, 1.807) is 7.11 Å². The van der Waals surface area contributed by atoms with Crippen LogP contribution in [0.25, 0.3) is 0 Å². The Kier molecular flexibility index (Phi) is 4.08. The minimum Gasteiger partial charge on any atom is -0.385 e. The molecule has 1 aromatic rings. The molecule has 0 radical (unpaired) electrons. The van der Waals surface area contributed by atoms with Gasteiger partial charge >= 0.3 is 0 Å². The summed E-state index contributed by atoms with van der Waals surface area (Å²) in [4.78, 5) is 0. The van der Waals surface area contributed by atoms with Gasteiger partial charge in [0.25, 0.3) is 0 Å². The van der Waals surface area contributed by atoms with Gasteiger partial charge in [0.2, 0.25) is 0 Å². The minimum absolute atomic E-state index is 0.271. The molecule has 1 heterocycles. The van der Waals surface area contributed by atoms with Crippen molar-refractivity contribution >= 4 is 5.82 Å². The van der Waals surface area contributed by atoms with Crippen molar-refractivity contribution in [1.29, 1.82) is 0 Å². The largest absolute Gasteiger partial charge is 0.385 e. The molecule has 0 amide bonds. The van der Waals surface area contributed by atoms with E-state index in [1.165, 1.54) is 0 Å². The van der Waals surface area contributed by atoms with Gasteiger partial charge in [0.15, 0.2) is 5.82 Å². The second-order valence-electron chi connectivity index (χ2n) is 4.09. The van der Waals surface area contributed by atoms with E-state index in [0.717, 1.165) is 18.7 Å². The Balaban J connectivity index is 2.83. The molecule has 0 aliphatic carbocycles. The first kappa shape index (κ1) is 12.0. The van der Waals surface area contributed by atoms with Crippen LogP contribution in [0.4, 0.5) is 5.82 Å². The highest BCUT2D eigenvalue weighted by molar-refractivity contribution is 5.35. The maximum absolute atomic E-state index is 5.78. The van der Waals surface area contributed by atoms with Gasteiger partial charge < -0.3 is 10.5 Å². The van der Waals surface area contributed by atoms with Gasteiger partial charge in [-0.25, -0.2) is 4.68 Å². The van der Waals surface area contributed by atoms with Crippen LogP contribution in [-0.2, 0) is 4.74 Å². The second kappa shape index (κ2) is 5.11. The summed E-state index contributed by atoms with van der Waals surface area (Å²) in [6, 6.07) is 0.271. The number of hydrogen-bond donors (Lipinski definition) is 1. The van der Waals surface area contributed by atoms with Crippen LogP contribution in [0.2, 0.25) is 0 Å². The molecule has 5 heteroatoms. The molecule has 1 rings (SSSR count). The topological polar surface area (TPSA) is 66.0 Å². The molecule has 0 bridgehead atoms. The fourth-order valence-electron chi connectivity index (χ4n) is 1.61. The van der Waals surface area contributed by atoms with Gasteiger partial charge in [0.05, 0.1) is 11.7 Å². The van der Waals surface area contributed by atoms with Crippen LogP contribution in [0.1, 0.15) is 44.8 Å². The first-order chi connectivity index (χ1) is 7.07. The Bertz CT molecular complexity index is 308. The number of rotatable bonds is 5. The van der Waals surface area contributed by atoms with E-state index in [4.69, 9.17) is 10.5 Å². The van der Waals surface area contributed by atoms with Gasteiger partial charge in [-0.2, -0.15) is 0 Å². The summed E-state index contributed by atoms with van der Waals surface area (Å²) in [5, 5.41) is 7.99. The lowest BCUT2D eigenvalue weighted by Gasteiger charge is -2.16. The van der Waals surface area contributed by atoms with Gasteiger partial charge in [-0.3, -0.25) is 0 Å². The van der Waals surface area contributed by atoms with Crippen molar-refractivity contribution in [3.63, 3.8) is 0 Å². The summed E-state index contributed by atoms with van der Waals surface area (Å²) in [5.74, 6) is 0.874. The van der Waals surface area contributed by atoms with Crippen molar-refractivity contribution in [3.05, 3.63) is 5.69 Å². The Morgan fingerprint density at radius 2 is 2.07 bits per heavy atom. The summed E-state index contributed by atoms with van der Waals surface area (Å²) < 4.78 is 6.95. The molecule has 1 atom stereocenters. The van der Waals surface area contributed by atoms with Crippen LogP contribution < -0.4 is 5.73 Å². The maximum atomic E-state index is 5.78. The molecule has 0 saturated carbocycles. The third kappa shape index (κ3) is 2.68. The van der Waals surface area contributed by atoms with Crippen molar-refractivity contribution in [2.75, 3.05) is 19.5 Å². The monoisotopic (exact) mass is 212 g/mol. The van der Waals surface area contributed by atoms with Crippen LogP contribution in [0.15, 0.2) is 0 Å². The minimum atomic E-state index is 0.271. The molecule has 5 nitrogen and oxygen atoms in total. The lowest BCUT2D eigenvalue weighted by molar-refractivity contribution is 0.177. The molecule has 2 N–H and O–H groups in total. The van der Waals surface area contributed by atoms with Crippen molar-refractivity contribution in [1.82, 2.24) is 15.0 Å². The number of aromatic nitrogens is 3. The van der Waals surface area contributed by atoms with E-state index in [-0.39, 0.29) is 6.04 Å². The molecule has 0 spiro atoms. The number of hydrogen-bond acceptors (Lipinski definition) is 4. The van der Waals surface area contributed by atoms with E-state index >= 15 is 0 Å². The third-order valence-electron chi connectivity index (χ3n) is 2.46. The van der Waals surface area contributed by atoms with E-state index < -0.39 is 0 Å². The van der Waals surface area contributed by atoms with Crippen molar-refractivity contribution in [2.24, 2.45) is 0 Å². The standard InChI is InChI=1S/C10H20N4O/c1-7(2)9-10(11)12-13-14(9)8(3)5-6-15-4/h7-8H,5-6,11H2,1-4H3. The molecule has 1 aromatic heterocycles. The summed E-state index contributed by atoms with van der Waals surface area (Å²) in [6.45, 7) is 7.00. The Hall–Kier alpha value is -1.10. The Morgan fingerprint density at radius 1 is 1.40 bits per heavy atom. The molecule has 0 aliphatic rings. The molecule has 15 heavy (non-hydrogen) atoms. The Labute approximate surface area is 90.6 Å². The number of nitrogens with zero attached hydrogens (tertiary/aromatic N) is 3. The number of anilines is 1. The average Bonchev–Trinajstić information content (AvgIpc) is 2.56. The smallest absolute Gasteiger partial charge is 0.169 e. The zero-order valence-electron chi connectivity index (χ0n) is 9.90. The SMILES string of the molecule is COCCC(C)n1nnc(N)c1C(C)C. The molecular weight excluding hydrogens is 192 g/mol. The zero-order valence-corrected chi connectivity index (χ0v) is 9.90. The molecule has 1 unspecified atom stereocenters. The van der Waals surface area contributed by atoms with Crippen LogP contribution >= 0.6 is 0 Å². The van der Waals surface area contributed by atoms with Crippen molar-refractivity contribution in [3.8, 4) is 0 Å². The number of nitrogen functional groups attached to an aromatic ring is 1. The maximum Gasteiger partial charge on any atom is 0.169 e. The highest BCUT2D eigenvalue weighted by Crippen LogP contribution is 2.23. The highest BCUT2D eigenvalue weighted by Gasteiger charge is 2.17. The van der Waals surface area contributed by atoms with E-state index in [1.807, 2.05) is 4.68 Å². The summed E-state index contributed by atoms with van der Waals surface area (Å²) in [6.07, 6.45) is 0.916. The fourth-order valence-corrected chi connectivity index (χ4v) is 1.61. The van der Waals surface area contributed by atoms with Gasteiger partial charge in [0.1, 0.15) is 0 Å². The average molecular weight is 212 g/mol. The van der Waals surface area contributed by atoms with Gasteiger partial charge in [-0.15, -0.1) is 5.10 Å². The normalized spacial score (nSPS) is 13.4. The third-order valence-corrected chi connectivity index (χ3v) is 2.46. The van der Waals surface area contributed by atoms with Gasteiger partial charge in [0, 0.05) is 13.7 Å². The zero-order chi connectivity index (χ0) is 11.4. The van der Waals surface area contributed by atoms with Crippen molar-refractivity contribution in [2.45, 2.75) is 39.2 Å². The number of methoxy groups -OCH3 is 1. The van der Waals surface area contributed by atoms with E-state index in [0.29, 0.717) is 11.7 Å². The van der Waals surface area contributed by atoms with E-state index in [2.05, 4.69) is 31.1 Å².